The van der Waals surface area contributed by atoms with E-state index in [0.717, 1.165) is 4.21 Å². The molecule has 0 aromatic carbocycles. The molecule has 0 aliphatic rings. The molecule has 0 radical (unpaired) electrons. The summed E-state index contributed by atoms with van der Waals surface area (Å²) < 4.78 is 0.782. The van der Waals surface area contributed by atoms with Gasteiger partial charge in [0.25, 0.3) is 0 Å². The van der Waals surface area contributed by atoms with E-state index in [1.807, 2.05) is 0 Å². The predicted molar refractivity (Wildman–Crippen MR) is 52.1 cm³/mol. The third-order valence-electron chi connectivity index (χ3n) is 1.11. The maximum atomic E-state index is 11.1. The average molecular weight is 203 g/mol. The summed E-state index contributed by atoms with van der Waals surface area (Å²) in [5.74, 6) is 0. The molecule has 0 fully saturated rings. The molecule has 0 aliphatic carbocycles. The maximum Gasteiger partial charge on any atom is 0.323 e. The minimum atomic E-state index is -0.183. The number of hydrogen-bond donors (Lipinski definition) is 2. The number of carbonyl (C=O) groups is 1. The second-order valence-electron chi connectivity index (χ2n) is 2.33. The lowest BCUT2D eigenvalue weighted by Gasteiger charge is -2.08. The number of carbonyl (C=O) groups excluding carboxylic acids is 1. The molecule has 2 amide bonds. The van der Waals surface area contributed by atoms with E-state index in [2.05, 4.69) is 22.9 Å². The highest BCUT2D eigenvalue weighted by Crippen LogP contribution is 2.20. The molecule has 0 aliphatic heterocycles. The quantitative estimate of drug-likeness (QED) is 0.680. The predicted octanol–water partition coefficient (Wildman–Crippen LogP) is 1.53. The van der Waals surface area contributed by atoms with Crippen LogP contribution in [0.3, 0.4) is 0 Å². The number of rotatable bonds is 1. The van der Waals surface area contributed by atoms with Gasteiger partial charge in [-0.1, -0.05) is 11.3 Å². The van der Waals surface area contributed by atoms with Gasteiger partial charge in [-0.3, -0.25) is 5.32 Å². The Kier molecular flexibility index (Phi) is 2.93. The molecule has 66 valence electrons. The third kappa shape index (κ3) is 2.38. The van der Waals surface area contributed by atoms with Gasteiger partial charge in [0.1, 0.15) is 0 Å². The van der Waals surface area contributed by atoms with Crippen molar-refractivity contribution in [1.29, 1.82) is 0 Å². The summed E-state index contributed by atoms with van der Waals surface area (Å²) in [6.45, 7) is 0. The highest BCUT2D eigenvalue weighted by Gasteiger charge is 2.05. The molecule has 1 aromatic rings. The van der Waals surface area contributed by atoms with Crippen molar-refractivity contribution in [1.82, 2.24) is 9.88 Å². The van der Waals surface area contributed by atoms with Gasteiger partial charge in [-0.05, 0) is 0 Å². The van der Waals surface area contributed by atoms with Gasteiger partial charge in [0.2, 0.25) is 0 Å². The minimum absolute atomic E-state index is 0.183. The fourth-order valence-electron chi connectivity index (χ4n) is 0.527. The van der Waals surface area contributed by atoms with Crippen molar-refractivity contribution in [2.45, 2.75) is 4.21 Å². The molecule has 0 atom stereocenters. The number of nitrogens with zero attached hydrogens (tertiary/aromatic N) is 2. The zero-order valence-electron chi connectivity index (χ0n) is 6.74. The summed E-state index contributed by atoms with van der Waals surface area (Å²) >= 11 is 5.40. The lowest BCUT2D eigenvalue weighted by atomic mass is 10.8. The first-order valence-electron chi connectivity index (χ1n) is 3.22. The van der Waals surface area contributed by atoms with Crippen molar-refractivity contribution in [3.05, 3.63) is 6.20 Å². The number of urea groups is 1. The van der Waals surface area contributed by atoms with Crippen LogP contribution in [0.4, 0.5) is 9.93 Å². The van der Waals surface area contributed by atoms with Crippen LogP contribution in [-0.2, 0) is 0 Å². The number of hydrogen-bond acceptors (Lipinski definition) is 4. The van der Waals surface area contributed by atoms with E-state index in [9.17, 15) is 4.79 Å². The molecule has 4 nitrogen and oxygen atoms in total. The molecule has 0 unspecified atom stereocenters. The Morgan fingerprint density at radius 1 is 1.75 bits per heavy atom. The molecular weight excluding hydrogens is 194 g/mol. The lowest BCUT2D eigenvalue weighted by Crippen LogP contribution is -2.27. The van der Waals surface area contributed by atoms with Crippen LogP contribution in [0.15, 0.2) is 10.4 Å². The average Bonchev–Trinajstić information content (AvgIpc) is 2.35. The molecule has 6 heteroatoms. The van der Waals surface area contributed by atoms with Gasteiger partial charge < -0.3 is 4.90 Å². The topological polar surface area (TPSA) is 45.2 Å². The summed E-state index contributed by atoms with van der Waals surface area (Å²) in [6.07, 6.45) is 1.60. The van der Waals surface area contributed by atoms with E-state index >= 15 is 0 Å². The van der Waals surface area contributed by atoms with Crippen molar-refractivity contribution in [3.63, 3.8) is 0 Å². The molecule has 12 heavy (non-hydrogen) atoms. The van der Waals surface area contributed by atoms with Crippen molar-refractivity contribution in [3.8, 4) is 0 Å². The Labute approximate surface area is 80.0 Å². The van der Waals surface area contributed by atoms with E-state index in [1.54, 1.807) is 20.3 Å². The normalized spacial score (nSPS) is 9.58. The number of aromatic nitrogens is 1. The first-order chi connectivity index (χ1) is 5.59. The number of anilines is 1. The van der Waals surface area contributed by atoms with Gasteiger partial charge in [-0.15, -0.1) is 12.6 Å². The zero-order chi connectivity index (χ0) is 9.14. The monoisotopic (exact) mass is 203 g/mol. The Morgan fingerprint density at radius 2 is 2.42 bits per heavy atom. The number of nitrogens with one attached hydrogen (secondary N) is 1. The Balaban J connectivity index is 2.58. The zero-order valence-corrected chi connectivity index (χ0v) is 8.45. The van der Waals surface area contributed by atoms with Gasteiger partial charge in [0.05, 0.1) is 10.4 Å². The second-order valence-corrected chi connectivity index (χ2v) is 4.14. The lowest BCUT2D eigenvalue weighted by molar-refractivity contribution is 0.230. The Hall–Kier alpha value is -0.750. The van der Waals surface area contributed by atoms with Crippen LogP contribution in [-0.4, -0.2) is 30.0 Å². The molecule has 1 heterocycles. The molecule has 1 aromatic heterocycles. The third-order valence-corrected chi connectivity index (χ3v) is 2.22. The summed E-state index contributed by atoms with van der Waals surface area (Å²) in [6, 6.07) is -0.183. The summed E-state index contributed by atoms with van der Waals surface area (Å²) in [5, 5.41) is 3.18. The Bertz CT molecular complexity index is 284. The first-order valence-corrected chi connectivity index (χ1v) is 4.49. The van der Waals surface area contributed by atoms with Crippen molar-refractivity contribution in [2.24, 2.45) is 0 Å². The van der Waals surface area contributed by atoms with Crippen LogP contribution in [0.25, 0.3) is 0 Å². The van der Waals surface area contributed by atoms with Crippen molar-refractivity contribution >= 4 is 35.1 Å². The first kappa shape index (κ1) is 9.34. The molecule has 1 rings (SSSR count). The fourth-order valence-corrected chi connectivity index (χ4v) is 1.39. The van der Waals surface area contributed by atoms with E-state index in [4.69, 9.17) is 0 Å². The number of amides is 2. The number of thiol groups is 1. The van der Waals surface area contributed by atoms with E-state index in [0.29, 0.717) is 5.13 Å². The second kappa shape index (κ2) is 3.77. The highest BCUT2D eigenvalue weighted by molar-refractivity contribution is 7.83. The van der Waals surface area contributed by atoms with Gasteiger partial charge in [0, 0.05) is 14.1 Å². The summed E-state index contributed by atoms with van der Waals surface area (Å²) in [4.78, 5) is 16.4. The SMILES string of the molecule is CN(C)C(=O)Nc1ncc(S)s1. The Morgan fingerprint density at radius 3 is 2.83 bits per heavy atom. The van der Waals surface area contributed by atoms with Crippen LogP contribution >= 0.6 is 24.0 Å². The van der Waals surface area contributed by atoms with Gasteiger partial charge in [-0.2, -0.15) is 0 Å². The van der Waals surface area contributed by atoms with E-state index in [1.165, 1.54) is 16.2 Å². The molecule has 0 bridgehead atoms. The summed E-state index contributed by atoms with van der Waals surface area (Å²) in [7, 11) is 3.34. The van der Waals surface area contributed by atoms with Crippen LogP contribution in [0.5, 0.6) is 0 Å². The van der Waals surface area contributed by atoms with Gasteiger partial charge in [0.15, 0.2) is 5.13 Å². The van der Waals surface area contributed by atoms with E-state index < -0.39 is 0 Å². The van der Waals surface area contributed by atoms with Crippen LogP contribution < -0.4 is 5.32 Å². The highest BCUT2D eigenvalue weighted by atomic mass is 32.2. The number of thiazole rings is 1. The largest absolute Gasteiger partial charge is 0.331 e. The molecule has 0 saturated carbocycles. The standard InChI is InChI=1S/C6H9N3OS2/c1-9(2)6(10)8-5-7-3-4(11)12-5/h3,11H,1-2H3,(H,7,8,10). The molecule has 1 N–H and O–H groups in total. The molecule has 0 saturated heterocycles. The van der Waals surface area contributed by atoms with E-state index in [-0.39, 0.29) is 6.03 Å². The molecular formula is C6H9N3OS2. The van der Waals surface area contributed by atoms with Crippen LogP contribution in [0.1, 0.15) is 0 Å². The summed E-state index contributed by atoms with van der Waals surface area (Å²) in [5.41, 5.74) is 0. The van der Waals surface area contributed by atoms with Crippen LogP contribution in [0, 0.1) is 0 Å². The van der Waals surface area contributed by atoms with Crippen molar-refractivity contribution < 1.29 is 4.79 Å². The maximum absolute atomic E-state index is 11.1. The van der Waals surface area contributed by atoms with Crippen molar-refractivity contribution in [2.75, 3.05) is 19.4 Å². The van der Waals surface area contributed by atoms with Gasteiger partial charge in [-0.25, -0.2) is 9.78 Å². The fraction of sp³-hybridized carbons (Fsp3) is 0.333. The minimum Gasteiger partial charge on any atom is -0.331 e. The smallest absolute Gasteiger partial charge is 0.323 e. The van der Waals surface area contributed by atoms with Gasteiger partial charge >= 0.3 is 6.03 Å². The molecule has 0 spiro atoms. The van der Waals surface area contributed by atoms with Crippen LogP contribution in [0.2, 0.25) is 0 Å².